The van der Waals surface area contributed by atoms with Crippen LogP contribution in [0.5, 0.6) is 0 Å². The number of nitrogens with one attached hydrogen (secondary N) is 1. The van der Waals surface area contributed by atoms with E-state index in [4.69, 9.17) is 23.2 Å². The van der Waals surface area contributed by atoms with E-state index < -0.39 is 22.5 Å². The van der Waals surface area contributed by atoms with Gasteiger partial charge in [0.1, 0.15) is 6.54 Å². The number of carbonyl (C=O) groups is 1. The van der Waals surface area contributed by atoms with Gasteiger partial charge in [0.25, 0.3) is 15.9 Å². The second-order valence-electron chi connectivity index (χ2n) is 8.36. The molecule has 11 heteroatoms. The van der Waals surface area contributed by atoms with Crippen molar-refractivity contribution in [1.29, 1.82) is 0 Å². The molecule has 1 aromatic heterocycles. The average Bonchev–Trinajstić information content (AvgIpc) is 3.17. The number of halogens is 3. The largest absolute Gasteiger partial charge is 0.316 e. The Hall–Kier alpha value is -3.11. The first kappa shape index (κ1) is 27.9. The quantitative estimate of drug-likeness (QED) is 0.177. The molecule has 0 aliphatic carbocycles. The number of hydrogen-bond acceptors (Lipinski definition) is 4. The number of rotatable bonds is 8. The summed E-state index contributed by atoms with van der Waals surface area (Å²) < 4.78 is 30.5. The van der Waals surface area contributed by atoms with E-state index in [1.807, 2.05) is 24.5 Å². The fourth-order valence-electron chi connectivity index (χ4n) is 3.95. The van der Waals surface area contributed by atoms with E-state index >= 15 is 0 Å². The summed E-state index contributed by atoms with van der Waals surface area (Å²) in [7, 11) is -4.02. The zero-order valence-electron chi connectivity index (χ0n) is 20.4. The first-order valence-corrected chi connectivity index (χ1v) is 14.4. The number of anilines is 1. The first-order chi connectivity index (χ1) is 18.1. The molecule has 1 N–H and O–H groups in total. The highest BCUT2D eigenvalue weighted by Gasteiger charge is 2.27. The molecular formula is C27H23BrCl2N4O3S. The Bertz CT molecular complexity index is 1620. The molecule has 0 saturated heterocycles. The Labute approximate surface area is 239 Å². The molecule has 1 heterocycles. The van der Waals surface area contributed by atoms with Crippen LogP contribution in [0.2, 0.25) is 10.0 Å². The number of hydrazone groups is 1. The lowest BCUT2D eigenvalue weighted by atomic mass is 10.2. The van der Waals surface area contributed by atoms with Gasteiger partial charge < -0.3 is 4.57 Å². The van der Waals surface area contributed by atoms with Crippen LogP contribution < -0.4 is 9.73 Å². The van der Waals surface area contributed by atoms with Gasteiger partial charge in [-0.2, -0.15) is 5.10 Å². The van der Waals surface area contributed by atoms with Crippen LogP contribution in [-0.4, -0.2) is 31.7 Å². The summed E-state index contributed by atoms with van der Waals surface area (Å²) in [6.07, 6.45) is 1.50. The van der Waals surface area contributed by atoms with Crippen molar-refractivity contribution < 1.29 is 13.2 Å². The Morgan fingerprint density at radius 2 is 1.76 bits per heavy atom. The zero-order valence-corrected chi connectivity index (χ0v) is 24.3. The predicted molar refractivity (Wildman–Crippen MR) is 156 cm³/mol. The van der Waals surface area contributed by atoms with Gasteiger partial charge in [-0.05, 0) is 68.4 Å². The van der Waals surface area contributed by atoms with Crippen LogP contribution in [0.4, 0.5) is 5.69 Å². The summed E-state index contributed by atoms with van der Waals surface area (Å²) in [6, 6.07) is 21.8. The first-order valence-electron chi connectivity index (χ1n) is 11.4. The molecule has 0 saturated carbocycles. The van der Waals surface area contributed by atoms with Gasteiger partial charge in [-0.25, -0.2) is 13.8 Å². The van der Waals surface area contributed by atoms with Crippen LogP contribution in [-0.2, 0) is 14.8 Å². The lowest BCUT2D eigenvalue weighted by Gasteiger charge is -2.23. The van der Waals surface area contributed by atoms with E-state index in [1.165, 1.54) is 18.3 Å². The highest BCUT2D eigenvalue weighted by Crippen LogP contribution is 2.29. The number of hydrogen-bond donors (Lipinski definition) is 1. The van der Waals surface area contributed by atoms with Gasteiger partial charge in [-0.15, -0.1) is 0 Å². The lowest BCUT2D eigenvalue weighted by molar-refractivity contribution is -0.119. The summed E-state index contributed by atoms with van der Waals surface area (Å²) in [5, 5.41) is 5.18. The van der Waals surface area contributed by atoms with E-state index in [0.717, 1.165) is 26.9 Å². The third kappa shape index (κ3) is 6.13. The molecule has 196 valence electrons. The highest BCUT2D eigenvalue weighted by atomic mass is 79.9. The van der Waals surface area contributed by atoms with Crippen LogP contribution in [0, 0.1) is 13.8 Å². The Morgan fingerprint density at radius 1 is 1.03 bits per heavy atom. The van der Waals surface area contributed by atoms with Crippen molar-refractivity contribution in [3.8, 4) is 5.69 Å². The Morgan fingerprint density at radius 3 is 2.47 bits per heavy atom. The van der Waals surface area contributed by atoms with Gasteiger partial charge in [0.2, 0.25) is 0 Å². The monoisotopic (exact) mass is 632 g/mol. The zero-order chi connectivity index (χ0) is 27.4. The standard InChI is InChI=1S/C27H23BrCl2N4O3S/c1-18-13-20(19(2)34(18)26-15-22(29)11-12-25(26)30)16-31-32-27(35)17-33(23-8-6-7-21(28)14-23)38(36,37)24-9-4-3-5-10-24/h3-16H,17H2,1-2H3,(H,32,35)/b31-16+. The van der Waals surface area contributed by atoms with Crippen LogP contribution in [0.1, 0.15) is 17.0 Å². The maximum atomic E-state index is 13.4. The van der Waals surface area contributed by atoms with Crippen molar-refractivity contribution in [1.82, 2.24) is 9.99 Å². The minimum absolute atomic E-state index is 0.0726. The summed E-state index contributed by atoms with van der Waals surface area (Å²) in [5.41, 5.74) is 6.00. The molecular weight excluding hydrogens is 611 g/mol. The third-order valence-corrected chi connectivity index (χ3v) is 8.56. The van der Waals surface area contributed by atoms with E-state index in [1.54, 1.807) is 60.7 Å². The van der Waals surface area contributed by atoms with Gasteiger partial charge in [0.05, 0.1) is 27.5 Å². The van der Waals surface area contributed by atoms with Crippen LogP contribution in [0.3, 0.4) is 0 Å². The number of benzene rings is 3. The Balaban J connectivity index is 1.56. The van der Waals surface area contributed by atoms with Gasteiger partial charge >= 0.3 is 0 Å². The molecule has 1 amide bonds. The number of nitrogens with zero attached hydrogens (tertiary/aromatic N) is 3. The van der Waals surface area contributed by atoms with E-state index in [0.29, 0.717) is 20.2 Å². The summed E-state index contributed by atoms with van der Waals surface area (Å²) in [5.74, 6) is -0.604. The van der Waals surface area contributed by atoms with Crippen molar-refractivity contribution in [3.63, 3.8) is 0 Å². The third-order valence-electron chi connectivity index (χ3n) is 5.73. The minimum atomic E-state index is -4.02. The molecule has 0 aliphatic rings. The Kier molecular flexibility index (Phi) is 8.62. The topological polar surface area (TPSA) is 83.8 Å². The van der Waals surface area contributed by atoms with Gasteiger partial charge in [0.15, 0.2) is 0 Å². The van der Waals surface area contributed by atoms with Crippen molar-refractivity contribution in [2.75, 3.05) is 10.8 Å². The maximum absolute atomic E-state index is 13.4. The molecule has 0 unspecified atom stereocenters. The summed E-state index contributed by atoms with van der Waals surface area (Å²) >= 11 is 15.9. The normalized spacial score (nSPS) is 11.6. The average molecular weight is 634 g/mol. The molecule has 0 fully saturated rings. The second-order valence-corrected chi connectivity index (χ2v) is 12.0. The fraction of sp³-hybridized carbons (Fsp3) is 0.111. The molecule has 0 bridgehead atoms. The van der Waals surface area contributed by atoms with E-state index in [9.17, 15) is 13.2 Å². The van der Waals surface area contributed by atoms with E-state index in [2.05, 4.69) is 26.5 Å². The summed E-state index contributed by atoms with van der Waals surface area (Å²) in [4.78, 5) is 12.9. The SMILES string of the molecule is Cc1cc(/C=N/NC(=O)CN(c2cccc(Br)c2)S(=O)(=O)c2ccccc2)c(C)n1-c1cc(Cl)ccc1Cl. The van der Waals surface area contributed by atoms with Gasteiger partial charge in [-0.3, -0.25) is 9.10 Å². The van der Waals surface area contributed by atoms with Crippen LogP contribution >= 0.6 is 39.1 Å². The van der Waals surface area contributed by atoms with Gasteiger partial charge in [-0.1, -0.05) is 63.4 Å². The van der Waals surface area contributed by atoms with Crippen LogP contribution in [0.25, 0.3) is 5.69 Å². The number of aromatic nitrogens is 1. The molecule has 7 nitrogen and oxygen atoms in total. The van der Waals surface area contributed by atoms with Crippen molar-refractivity contribution >= 4 is 67.0 Å². The van der Waals surface area contributed by atoms with Crippen LogP contribution in [0.15, 0.2) is 93.3 Å². The number of sulfonamides is 1. The second kappa shape index (κ2) is 11.7. The molecule has 0 aliphatic heterocycles. The molecule has 4 aromatic rings. The molecule has 3 aromatic carbocycles. The number of amides is 1. The minimum Gasteiger partial charge on any atom is -0.316 e. The van der Waals surface area contributed by atoms with Crippen molar-refractivity contribution in [2.24, 2.45) is 5.10 Å². The molecule has 0 radical (unpaired) electrons. The van der Waals surface area contributed by atoms with Crippen molar-refractivity contribution in [3.05, 3.63) is 110 Å². The fourth-order valence-corrected chi connectivity index (χ4v) is 6.14. The van der Waals surface area contributed by atoms with E-state index in [-0.39, 0.29) is 4.90 Å². The summed E-state index contributed by atoms with van der Waals surface area (Å²) in [6.45, 7) is 3.35. The smallest absolute Gasteiger partial charge is 0.264 e. The molecule has 4 rings (SSSR count). The number of carbonyl (C=O) groups excluding carboxylic acids is 1. The van der Waals surface area contributed by atoms with Gasteiger partial charge in [0, 0.05) is 26.4 Å². The predicted octanol–water partition coefficient (Wildman–Crippen LogP) is 6.51. The maximum Gasteiger partial charge on any atom is 0.264 e. The lowest BCUT2D eigenvalue weighted by Crippen LogP contribution is -2.39. The number of aryl methyl sites for hydroxylation is 1. The molecule has 38 heavy (non-hydrogen) atoms. The van der Waals surface area contributed by atoms with Crippen molar-refractivity contribution in [2.45, 2.75) is 18.7 Å². The highest BCUT2D eigenvalue weighted by molar-refractivity contribution is 9.10. The molecule has 0 spiro atoms. The molecule has 0 atom stereocenters.